The molecule has 0 aliphatic rings. The fraction of sp³-hybridized carbons (Fsp3) is 0.214. The van der Waals surface area contributed by atoms with E-state index in [0.29, 0.717) is 12.4 Å². The molecule has 0 amide bonds. The standard InChI is InChI=1S/C14H17N3O/c1-18-14-8-13(6-7-16-14)17-10-12-4-2-11(9-15)3-5-12/h2-8H,9-10,15H2,1H3,(H,16,17). The van der Waals surface area contributed by atoms with E-state index in [2.05, 4.69) is 22.4 Å². The normalized spacial score (nSPS) is 10.1. The van der Waals surface area contributed by atoms with Gasteiger partial charge >= 0.3 is 0 Å². The summed E-state index contributed by atoms with van der Waals surface area (Å²) in [5.41, 5.74) is 8.90. The molecule has 18 heavy (non-hydrogen) atoms. The van der Waals surface area contributed by atoms with E-state index in [1.165, 1.54) is 5.56 Å². The van der Waals surface area contributed by atoms with Crippen LogP contribution in [0.4, 0.5) is 5.69 Å². The third-order valence-corrected chi connectivity index (χ3v) is 2.70. The van der Waals surface area contributed by atoms with Crippen LogP contribution >= 0.6 is 0 Å². The lowest BCUT2D eigenvalue weighted by atomic mass is 10.1. The predicted molar refractivity (Wildman–Crippen MR) is 72.4 cm³/mol. The minimum atomic E-state index is 0.579. The molecule has 0 aliphatic heterocycles. The number of pyridine rings is 1. The van der Waals surface area contributed by atoms with Crippen molar-refractivity contribution in [2.45, 2.75) is 13.1 Å². The van der Waals surface area contributed by atoms with E-state index < -0.39 is 0 Å². The second-order valence-electron chi connectivity index (χ2n) is 3.96. The number of nitrogens with two attached hydrogens (primary N) is 1. The van der Waals surface area contributed by atoms with Crippen molar-refractivity contribution < 1.29 is 4.74 Å². The summed E-state index contributed by atoms with van der Waals surface area (Å²) in [5.74, 6) is 0.610. The average molecular weight is 243 g/mol. The fourth-order valence-electron chi connectivity index (χ4n) is 1.63. The molecule has 94 valence electrons. The highest BCUT2D eigenvalue weighted by Crippen LogP contribution is 2.14. The van der Waals surface area contributed by atoms with Gasteiger partial charge in [0.05, 0.1) is 7.11 Å². The maximum atomic E-state index is 5.56. The summed E-state index contributed by atoms with van der Waals surface area (Å²) in [7, 11) is 1.61. The maximum Gasteiger partial charge on any atom is 0.214 e. The molecule has 0 fully saturated rings. The second-order valence-corrected chi connectivity index (χ2v) is 3.96. The summed E-state index contributed by atoms with van der Waals surface area (Å²) in [6.07, 6.45) is 1.72. The van der Waals surface area contributed by atoms with Gasteiger partial charge in [-0.3, -0.25) is 0 Å². The second kappa shape index (κ2) is 6.02. The van der Waals surface area contributed by atoms with Crippen LogP contribution < -0.4 is 15.8 Å². The molecule has 0 saturated heterocycles. The van der Waals surface area contributed by atoms with Gasteiger partial charge in [0, 0.05) is 31.0 Å². The molecule has 0 radical (unpaired) electrons. The number of benzene rings is 1. The molecule has 3 N–H and O–H groups in total. The molecule has 4 heteroatoms. The molecule has 1 aromatic heterocycles. The molecule has 2 rings (SSSR count). The van der Waals surface area contributed by atoms with Crippen LogP contribution in [0, 0.1) is 0 Å². The van der Waals surface area contributed by atoms with E-state index in [-0.39, 0.29) is 0 Å². The van der Waals surface area contributed by atoms with Crippen molar-refractivity contribution in [3.63, 3.8) is 0 Å². The lowest BCUT2D eigenvalue weighted by molar-refractivity contribution is 0.398. The van der Waals surface area contributed by atoms with Crippen LogP contribution in [0.1, 0.15) is 11.1 Å². The van der Waals surface area contributed by atoms with Gasteiger partial charge in [-0.1, -0.05) is 24.3 Å². The summed E-state index contributed by atoms with van der Waals surface area (Å²) in [4.78, 5) is 4.06. The number of methoxy groups -OCH3 is 1. The first kappa shape index (κ1) is 12.4. The Labute approximate surface area is 107 Å². The van der Waals surface area contributed by atoms with Crippen LogP contribution in [-0.4, -0.2) is 12.1 Å². The SMILES string of the molecule is COc1cc(NCc2ccc(CN)cc2)ccn1. The first-order valence-electron chi connectivity index (χ1n) is 5.83. The molecule has 4 nitrogen and oxygen atoms in total. The number of aromatic nitrogens is 1. The van der Waals surface area contributed by atoms with Gasteiger partial charge in [0.15, 0.2) is 0 Å². The Kier molecular flexibility index (Phi) is 4.15. The summed E-state index contributed by atoms with van der Waals surface area (Å²) in [5, 5.41) is 3.32. The Bertz CT molecular complexity index is 497. The van der Waals surface area contributed by atoms with Crippen LogP contribution in [0.5, 0.6) is 5.88 Å². The van der Waals surface area contributed by atoms with Crippen LogP contribution in [0.2, 0.25) is 0 Å². The number of hydrogen-bond acceptors (Lipinski definition) is 4. The van der Waals surface area contributed by atoms with Crippen LogP contribution in [0.3, 0.4) is 0 Å². The number of ether oxygens (including phenoxy) is 1. The summed E-state index contributed by atoms with van der Waals surface area (Å²) in [6.45, 7) is 1.34. The molecular weight excluding hydrogens is 226 g/mol. The van der Waals surface area contributed by atoms with Crippen molar-refractivity contribution in [3.05, 3.63) is 53.7 Å². The zero-order valence-electron chi connectivity index (χ0n) is 10.4. The Balaban J connectivity index is 1.97. The molecule has 0 saturated carbocycles. The largest absolute Gasteiger partial charge is 0.481 e. The van der Waals surface area contributed by atoms with E-state index in [4.69, 9.17) is 10.5 Å². The zero-order chi connectivity index (χ0) is 12.8. The molecular formula is C14H17N3O. The Morgan fingerprint density at radius 1 is 1.17 bits per heavy atom. The third kappa shape index (κ3) is 3.21. The van der Waals surface area contributed by atoms with E-state index in [9.17, 15) is 0 Å². The van der Waals surface area contributed by atoms with E-state index in [0.717, 1.165) is 17.8 Å². The lowest BCUT2D eigenvalue weighted by Crippen LogP contribution is -2.01. The fourth-order valence-corrected chi connectivity index (χ4v) is 1.63. The highest BCUT2D eigenvalue weighted by molar-refractivity contribution is 5.45. The van der Waals surface area contributed by atoms with Gasteiger partial charge in [-0.05, 0) is 17.2 Å². The van der Waals surface area contributed by atoms with Crippen molar-refractivity contribution in [3.8, 4) is 5.88 Å². The molecule has 0 atom stereocenters. The van der Waals surface area contributed by atoms with Gasteiger partial charge < -0.3 is 15.8 Å². The Hall–Kier alpha value is -2.07. The summed E-state index contributed by atoms with van der Waals surface area (Å²) in [6, 6.07) is 12.0. The quantitative estimate of drug-likeness (QED) is 0.844. The van der Waals surface area contributed by atoms with E-state index >= 15 is 0 Å². The molecule has 0 aliphatic carbocycles. The summed E-state index contributed by atoms with van der Waals surface area (Å²) >= 11 is 0. The minimum absolute atomic E-state index is 0.579. The number of anilines is 1. The topological polar surface area (TPSA) is 60.2 Å². The summed E-state index contributed by atoms with van der Waals surface area (Å²) < 4.78 is 5.07. The van der Waals surface area contributed by atoms with Crippen LogP contribution in [-0.2, 0) is 13.1 Å². The molecule has 0 bridgehead atoms. The Morgan fingerprint density at radius 2 is 1.89 bits per heavy atom. The smallest absolute Gasteiger partial charge is 0.214 e. The van der Waals surface area contributed by atoms with Gasteiger partial charge in [-0.25, -0.2) is 4.98 Å². The lowest BCUT2D eigenvalue weighted by Gasteiger charge is -2.08. The predicted octanol–water partition coefficient (Wildman–Crippen LogP) is 2.16. The number of nitrogens with one attached hydrogen (secondary N) is 1. The van der Waals surface area contributed by atoms with Crippen molar-refractivity contribution >= 4 is 5.69 Å². The van der Waals surface area contributed by atoms with Crippen molar-refractivity contribution in [1.29, 1.82) is 0 Å². The molecule has 0 spiro atoms. The van der Waals surface area contributed by atoms with Gasteiger partial charge in [0.25, 0.3) is 0 Å². The molecule has 2 aromatic rings. The molecule has 0 unspecified atom stereocenters. The average Bonchev–Trinajstić information content (AvgIpc) is 2.46. The Morgan fingerprint density at radius 3 is 2.56 bits per heavy atom. The van der Waals surface area contributed by atoms with Crippen LogP contribution in [0.15, 0.2) is 42.6 Å². The van der Waals surface area contributed by atoms with Crippen molar-refractivity contribution in [2.75, 3.05) is 12.4 Å². The van der Waals surface area contributed by atoms with Crippen molar-refractivity contribution in [1.82, 2.24) is 4.98 Å². The zero-order valence-corrected chi connectivity index (χ0v) is 10.4. The highest BCUT2D eigenvalue weighted by atomic mass is 16.5. The molecule has 1 aromatic carbocycles. The van der Waals surface area contributed by atoms with Crippen molar-refractivity contribution in [2.24, 2.45) is 5.73 Å². The van der Waals surface area contributed by atoms with Gasteiger partial charge in [0.2, 0.25) is 5.88 Å². The van der Waals surface area contributed by atoms with E-state index in [1.807, 2.05) is 24.3 Å². The van der Waals surface area contributed by atoms with E-state index in [1.54, 1.807) is 13.3 Å². The molecule has 1 heterocycles. The van der Waals surface area contributed by atoms with Gasteiger partial charge in [0.1, 0.15) is 0 Å². The minimum Gasteiger partial charge on any atom is -0.481 e. The first-order valence-corrected chi connectivity index (χ1v) is 5.83. The van der Waals surface area contributed by atoms with Gasteiger partial charge in [-0.15, -0.1) is 0 Å². The van der Waals surface area contributed by atoms with Crippen LogP contribution in [0.25, 0.3) is 0 Å². The maximum absolute atomic E-state index is 5.56. The first-order chi connectivity index (χ1) is 8.81. The highest BCUT2D eigenvalue weighted by Gasteiger charge is 1.97. The third-order valence-electron chi connectivity index (χ3n) is 2.70. The number of rotatable bonds is 5. The van der Waals surface area contributed by atoms with Gasteiger partial charge in [-0.2, -0.15) is 0 Å². The monoisotopic (exact) mass is 243 g/mol. The number of hydrogen-bond donors (Lipinski definition) is 2. The number of nitrogens with zero attached hydrogens (tertiary/aromatic N) is 1.